The van der Waals surface area contributed by atoms with Gasteiger partial charge in [0.05, 0.1) is 5.33 Å². The Balaban J connectivity index is 2.72. The summed E-state index contributed by atoms with van der Waals surface area (Å²) in [5.74, 6) is 5.72. The summed E-state index contributed by atoms with van der Waals surface area (Å²) in [5.41, 5.74) is 0.867. The number of alkyl halides is 1. The van der Waals surface area contributed by atoms with Gasteiger partial charge >= 0.3 is 0 Å². The molecule has 0 fully saturated rings. The molecule has 15 heavy (non-hydrogen) atoms. The molecule has 0 aliphatic rings. The average molecular weight is 263 g/mol. The van der Waals surface area contributed by atoms with Crippen LogP contribution < -0.4 is 0 Å². The van der Waals surface area contributed by atoms with Gasteiger partial charge in [0.2, 0.25) is 0 Å². The largest absolute Gasteiger partial charge is 0.206 e. The lowest BCUT2D eigenvalue weighted by molar-refractivity contribution is 0.640. The summed E-state index contributed by atoms with van der Waals surface area (Å²) >= 11 is 3.24. The van der Waals surface area contributed by atoms with Gasteiger partial charge < -0.3 is 0 Å². The zero-order valence-electron chi connectivity index (χ0n) is 7.93. The second-order valence-corrected chi connectivity index (χ2v) is 3.64. The van der Waals surface area contributed by atoms with Crippen molar-refractivity contribution in [3.8, 4) is 11.8 Å². The van der Waals surface area contributed by atoms with Crippen LogP contribution in [0.3, 0.4) is 0 Å². The molecule has 0 amide bonds. The highest BCUT2D eigenvalue weighted by Crippen LogP contribution is 2.20. The molecular weight excluding hydrogens is 255 g/mol. The van der Waals surface area contributed by atoms with Gasteiger partial charge in [0.1, 0.15) is 5.82 Å². The summed E-state index contributed by atoms with van der Waals surface area (Å²) in [5, 5.41) is 2.11. The Bertz CT molecular complexity index is 549. The highest BCUT2D eigenvalue weighted by molar-refractivity contribution is 9.09. The van der Waals surface area contributed by atoms with E-state index in [2.05, 4.69) is 27.8 Å². The number of rotatable bonds is 0. The van der Waals surface area contributed by atoms with Crippen molar-refractivity contribution in [2.24, 2.45) is 0 Å². The lowest BCUT2D eigenvalue weighted by Crippen LogP contribution is -1.83. The van der Waals surface area contributed by atoms with Crippen LogP contribution in [-0.4, -0.2) is 5.33 Å². The fourth-order valence-electron chi connectivity index (χ4n) is 1.50. The molecule has 0 nitrogen and oxygen atoms in total. The summed E-state index contributed by atoms with van der Waals surface area (Å²) in [6.45, 7) is 0. The monoisotopic (exact) mass is 262 g/mol. The van der Waals surface area contributed by atoms with Crippen LogP contribution in [-0.2, 0) is 0 Å². The maximum atomic E-state index is 13.4. The molecule has 0 N–H and O–H groups in total. The van der Waals surface area contributed by atoms with Gasteiger partial charge in [0.15, 0.2) is 0 Å². The van der Waals surface area contributed by atoms with Gasteiger partial charge in [-0.25, -0.2) is 4.39 Å². The van der Waals surface area contributed by atoms with E-state index in [1.807, 2.05) is 18.2 Å². The molecule has 74 valence electrons. The number of hydrogen-bond donors (Lipinski definition) is 0. The summed E-state index contributed by atoms with van der Waals surface area (Å²) in [7, 11) is 0. The standard InChI is InChI=1S/C13H8BrF/c14-9-3-4-10-7-8-13(15)12-6-2-1-5-11(10)12/h1-2,5-8H,9H2. The fraction of sp³-hybridized carbons (Fsp3) is 0.0769. The summed E-state index contributed by atoms with van der Waals surface area (Å²) < 4.78 is 13.4. The van der Waals surface area contributed by atoms with Crippen LogP contribution >= 0.6 is 15.9 Å². The van der Waals surface area contributed by atoms with E-state index < -0.39 is 0 Å². The fourth-order valence-corrected chi connectivity index (χ4v) is 1.64. The lowest BCUT2D eigenvalue weighted by Gasteiger charge is -2.01. The summed E-state index contributed by atoms with van der Waals surface area (Å²) in [4.78, 5) is 0. The molecule has 0 atom stereocenters. The Kier molecular flexibility index (Phi) is 3.03. The van der Waals surface area contributed by atoms with Crippen molar-refractivity contribution in [3.05, 3.63) is 47.8 Å². The second kappa shape index (κ2) is 4.46. The number of halogens is 2. The molecule has 0 bridgehead atoms. The molecule has 0 aliphatic heterocycles. The Morgan fingerprint density at radius 3 is 2.53 bits per heavy atom. The predicted octanol–water partition coefficient (Wildman–Crippen LogP) is 3.73. The minimum absolute atomic E-state index is 0.199. The number of benzene rings is 2. The highest BCUT2D eigenvalue weighted by atomic mass is 79.9. The molecule has 2 heteroatoms. The van der Waals surface area contributed by atoms with Crippen LogP contribution in [0.15, 0.2) is 36.4 Å². The van der Waals surface area contributed by atoms with Gasteiger partial charge in [-0.3, -0.25) is 0 Å². The molecule has 0 aromatic heterocycles. The molecule has 0 unspecified atom stereocenters. The summed E-state index contributed by atoms with van der Waals surface area (Å²) in [6, 6.07) is 10.5. The smallest absolute Gasteiger partial charge is 0.131 e. The Hall–Kier alpha value is -1.33. The molecule has 2 aromatic rings. The SMILES string of the molecule is Fc1ccc(C#CCBr)c2ccccc12. The zero-order chi connectivity index (χ0) is 10.7. The normalized spacial score (nSPS) is 9.73. The van der Waals surface area contributed by atoms with Crippen LogP contribution in [0.25, 0.3) is 10.8 Å². The van der Waals surface area contributed by atoms with Crippen molar-refractivity contribution in [3.63, 3.8) is 0 Å². The van der Waals surface area contributed by atoms with Crippen molar-refractivity contribution >= 4 is 26.7 Å². The maximum absolute atomic E-state index is 13.4. The van der Waals surface area contributed by atoms with Crippen molar-refractivity contribution in [1.82, 2.24) is 0 Å². The van der Waals surface area contributed by atoms with Gasteiger partial charge in [-0.15, -0.1) is 0 Å². The quantitative estimate of drug-likeness (QED) is 0.502. The predicted molar refractivity (Wildman–Crippen MR) is 64.6 cm³/mol. The third kappa shape index (κ3) is 2.03. The van der Waals surface area contributed by atoms with Gasteiger partial charge in [-0.1, -0.05) is 52.0 Å². The highest BCUT2D eigenvalue weighted by Gasteiger charge is 2.02. The van der Waals surface area contributed by atoms with E-state index in [9.17, 15) is 4.39 Å². The third-order valence-corrected chi connectivity index (χ3v) is 2.44. The molecule has 0 radical (unpaired) electrons. The van der Waals surface area contributed by atoms with Gasteiger partial charge in [-0.05, 0) is 12.1 Å². The molecule has 2 aromatic carbocycles. The first-order chi connectivity index (χ1) is 7.33. The van der Waals surface area contributed by atoms with E-state index >= 15 is 0 Å². The van der Waals surface area contributed by atoms with Crippen LogP contribution in [0.1, 0.15) is 5.56 Å². The van der Waals surface area contributed by atoms with E-state index in [-0.39, 0.29) is 5.82 Å². The van der Waals surface area contributed by atoms with Crippen LogP contribution in [0.5, 0.6) is 0 Å². The molecule has 0 saturated carbocycles. The van der Waals surface area contributed by atoms with E-state index in [0.29, 0.717) is 10.7 Å². The Labute approximate surface area is 96.2 Å². The van der Waals surface area contributed by atoms with Crippen molar-refractivity contribution in [2.45, 2.75) is 0 Å². The molecule has 0 aliphatic carbocycles. The van der Waals surface area contributed by atoms with E-state index in [4.69, 9.17) is 0 Å². The van der Waals surface area contributed by atoms with Gasteiger partial charge in [0, 0.05) is 16.3 Å². The lowest BCUT2D eigenvalue weighted by atomic mass is 10.0. The molecule has 0 spiro atoms. The average Bonchev–Trinajstić information content (AvgIpc) is 2.29. The molecular formula is C13H8BrF. The third-order valence-electron chi connectivity index (χ3n) is 2.16. The summed E-state index contributed by atoms with van der Waals surface area (Å²) in [6.07, 6.45) is 0. The van der Waals surface area contributed by atoms with Crippen LogP contribution in [0.2, 0.25) is 0 Å². The number of fused-ring (bicyclic) bond motifs is 1. The minimum atomic E-state index is -0.199. The van der Waals surface area contributed by atoms with Gasteiger partial charge in [-0.2, -0.15) is 0 Å². The molecule has 0 heterocycles. The van der Waals surface area contributed by atoms with E-state index in [1.54, 1.807) is 12.1 Å². The van der Waals surface area contributed by atoms with Crippen LogP contribution in [0.4, 0.5) is 4.39 Å². The van der Waals surface area contributed by atoms with Crippen molar-refractivity contribution in [1.29, 1.82) is 0 Å². The van der Waals surface area contributed by atoms with Crippen molar-refractivity contribution in [2.75, 3.05) is 5.33 Å². The first-order valence-electron chi connectivity index (χ1n) is 4.55. The Morgan fingerprint density at radius 1 is 1.07 bits per heavy atom. The van der Waals surface area contributed by atoms with Crippen molar-refractivity contribution < 1.29 is 4.39 Å². The maximum Gasteiger partial charge on any atom is 0.131 e. The number of hydrogen-bond acceptors (Lipinski definition) is 0. The van der Waals surface area contributed by atoms with E-state index in [1.165, 1.54) is 6.07 Å². The van der Waals surface area contributed by atoms with Gasteiger partial charge in [0.25, 0.3) is 0 Å². The zero-order valence-corrected chi connectivity index (χ0v) is 9.51. The topological polar surface area (TPSA) is 0 Å². The molecule has 2 rings (SSSR count). The first-order valence-corrected chi connectivity index (χ1v) is 5.67. The van der Waals surface area contributed by atoms with E-state index in [0.717, 1.165) is 10.9 Å². The minimum Gasteiger partial charge on any atom is -0.206 e. The second-order valence-electron chi connectivity index (χ2n) is 3.08. The molecule has 0 saturated heterocycles. The van der Waals surface area contributed by atoms with Crippen LogP contribution in [0, 0.1) is 17.7 Å². The Morgan fingerprint density at radius 2 is 1.80 bits per heavy atom. The first kappa shape index (κ1) is 10.2.